The second-order valence-electron chi connectivity index (χ2n) is 6.92. The summed E-state index contributed by atoms with van der Waals surface area (Å²) in [7, 11) is 0. The fraction of sp³-hybridized carbons (Fsp3) is 0.733. The number of ether oxygens (including phenoxy) is 1. The summed E-state index contributed by atoms with van der Waals surface area (Å²) in [5.41, 5.74) is -0.166. The molecular weight excluding hydrogens is 298 g/mol. The summed E-state index contributed by atoms with van der Waals surface area (Å²) >= 11 is 0. The van der Waals surface area contributed by atoms with E-state index in [2.05, 4.69) is 20.7 Å². The molecule has 8 heteroatoms. The first kappa shape index (κ1) is 17.2. The second-order valence-corrected chi connectivity index (χ2v) is 6.92. The molecule has 1 aromatic heterocycles. The number of piperidine rings is 1. The Morgan fingerprint density at radius 3 is 2.57 bits per heavy atom. The molecule has 2 amide bonds. The van der Waals surface area contributed by atoms with E-state index in [1.807, 2.05) is 27.7 Å². The Balaban J connectivity index is 1.79. The van der Waals surface area contributed by atoms with Crippen LogP contribution in [0.15, 0.2) is 6.20 Å². The molecule has 0 aromatic carbocycles. The Morgan fingerprint density at radius 1 is 1.39 bits per heavy atom. The predicted octanol–water partition coefficient (Wildman–Crippen LogP) is 1.57. The molecule has 1 aliphatic rings. The van der Waals surface area contributed by atoms with Crippen molar-refractivity contribution in [2.24, 2.45) is 5.92 Å². The van der Waals surface area contributed by atoms with Crippen LogP contribution in [0.4, 0.5) is 4.79 Å². The highest BCUT2D eigenvalue weighted by Crippen LogP contribution is 2.22. The summed E-state index contributed by atoms with van der Waals surface area (Å²) < 4.78 is 5.27. The van der Waals surface area contributed by atoms with Crippen LogP contribution in [0.5, 0.6) is 0 Å². The molecule has 2 rings (SSSR count). The molecule has 2 heterocycles. The number of H-pyrrole nitrogens is 1. The van der Waals surface area contributed by atoms with Gasteiger partial charge in [0.15, 0.2) is 5.69 Å². The molecule has 0 spiro atoms. The van der Waals surface area contributed by atoms with Gasteiger partial charge in [-0.05, 0) is 46.5 Å². The number of likely N-dealkylation sites (tertiary alicyclic amines) is 1. The van der Waals surface area contributed by atoms with Gasteiger partial charge in [-0.25, -0.2) is 4.79 Å². The maximum atomic E-state index is 12.2. The van der Waals surface area contributed by atoms with E-state index in [4.69, 9.17) is 4.74 Å². The monoisotopic (exact) mass is 323 g/mol. The Hall–Kier alpha value is -2.12. The van der Waals surface area contributed by atoms with Gasteiger partial charge < -0.3 is 15.0 Å². The molecule has 8 nitrogen and oxygen atoms in total. The van der Waals surface area contributed by atoms with Crippen LogP contribution in [-0.4, -0.2) is 57.0 Å². The molecular formula is C15H25N5O3. The van der Waals surface area contributed by atoms with Gasteiger partial charge in [0, 0.05) is 19.1 Å². The lowest BCUT2D eigenvalue weighted by atomic mass is 9.90. The third-order valence-corrected chi connectivity index (χ3v) is 3.91. The van der Waals surface area contributed by atoms with E-state index in [0.29, 0.717) is 24.7 Å². The summed E-state index contributed by atoms with van der Waals surface area (Å²) in [6, 6.07) is 0.00847. The highest BCUT2D eigenvalue weighted by Gasteiger charge is 2.29. The second kappa shape index (κ2) is 6.97. The highest BCUT2D eigenvalue weighted by molar-refractivity contribution is 5.91. The number of carbonyl (C=O) groups is 2. The lowest BCUT2D eigenvalue weighted by Crippen LogP contribution is -2.46. The standard InChI is InChI=1S/C15H25N5O3/c1-10(17-14(22)23-15(2,3)4)11-5-7-20(8-6-11)13(21)12-9-16-19-18-12/h9-11H,5-8H2,1-4H3,(H,17,22)(H,16,18,19)/t10-/m1/s1. The van der Waals surface area contributed by atoms with Gasteiger partial charge in [-0.15, -0.1) is 0 Å². The molecule has 0 unspecified atom stereocenters. The van der Waals surface area contributed by atoms with E-state index in [9.17, 15) is 9.59 Å². The average Bonchev–Trinajstić information content (AvgIpc) is 2.98. The quantitative estimate of drug-likeness (QED) is 0.879. The Kier molecular flexibility index (Phi) is 5.23. The van der Waals surface area contributed by atoms with Gasteiger partial charge in [0.05, 0.1) is 6.20 Å². The number of amides is 2. The number of nitrogens with one attached hydrogen (secondary N) is 2. The average molecular weight is 323 g/mol. The molecule has 128 valence electrons. The minimum atomic E-state index is -0.503. The van der Waals surface area contributed by atoms with Crippen LogP contribution in [0.2, 0.25) is 0 Å². The maximum Gasteiger partial charge on any atom is 0.407 e. The van der Waals surface area contributed by atoms with Crippen molar-refractivity contribution in [3.8, 4) is 0 Å². The number of nitrogens with zero attached hydrogens (tertiary/aromatic N) is 3. The van der Waals surface area contributed by atoms with Crippen molar-refractivity contribution in [1.29, 1.82) is 0 Å². The van der Waals surface area contributed by atoms with Crippen LogP contribution in [0.1, 0.15) is 51.0 Å². The summed E-state index contributed by atoms with van der Waals surface area (Å²) in [5, 5.41) is 12.8. The van der Waals surface area contributed by atoms with Crippen molar-refractivity contribution in [2.75, 3.05) is 13.1 Å². The lowest BCUT2D eigenvalue weighted by molar-refractivity contribution is 0.0460. The van der Waals surface area contributed by atoms with Crippen LogP contribution in [-0.2, 0) is 4.74 Å². The maximum absolute atomic E-state index is 12.2. The van der Waals surface area contributed by atoms with Gasteiger partial charge in [0.1, 0.15) is 5.60 Å². The first-order chi connectivity index (χ1) is 10.8. The van der Waals surface area contributed by atoms with Crippen molar-refractivity contribution in [3.05, 3.63) is 11.9 Å². The highest BCUT2D eigenvalue weighted by atomic mass is 16.6. The zero-order valence-electron chi connectivity index (χ0n) is 14.1. The molecule has 0 saturated carbocycles. The van der Waals surface area contributed by atoms with Crippen LogP contribution >= 0.6 is 0 Å². The van der Waals surface area contributed by atoms with Crippen molar-refractivity contribution in [2.45, 2.75) is 52.2 Å². The third-order valence-electron chi connectivity index (χ3n) is 3.91. The topological polar surface area (TPSA) is 100 Å². The fourth-order valence-electron chi connectivity index (χ4n) is 2.68. The van der Waals surface area contributed by atoms with Gasteiger partial charge in [0.2, 0.25) is 0 Å². The smallest absolute Gasteiger partial charge is 0.407 e. The summed E-state index contributed by atoms with van der Waals surface area (Å²) in [6.45, 7) is 8.79. The normalized spacial score (nSPS) is 17.7. The SMILES string of the molecule is C[C@@H](NC(=O)OC(C)(C)C)C1CCN(C(=O)c2cn[nH]n2)CC1. The van der Waals surface area contributed by atoms with Crippen molar-refractivity contribution < 1.29 is 14.3 Å². The first-order valence-corrected chi connectivity index (χ1v) is 7.91. The van der Waals surface area contributed by atoms with E-state index >= 15 is 0 Å². The molecule has 1 saturated heterocycles. The van der Waals surface area contributed by atoms with Crippen LogP contribution in [0.3, 0.4) is 0 Å². The Bertz CT molecular complexity index is 530. The number of aromatic nitrogens is 3. The number of hydrogen-bond donors (Lipinski definition) is 2. The number of carbonyl (C=O) groups excluding carboxylic acids is 2. The van der Waals surface area contributed by atoms with E-state index in [1.165, 1.54) is 6.20 Å². The van der Waals surface area contributed by atoms with Gasteiger partial charge in [0.25, 0.3) is 5.91 Å². The third kappa shape index (κ3) is 4.94. The summed E-state index contributed by atoms with van der Waals surface area (Å²) in [6.07, 6.45) is 2.70. The van der Waals surface area contributed by atoms with E-state index in [0.717, 1.165) is 12.8 Å². The van der Waals surface area contributed by atoms with Gasteiger partial charge >= 0.3 is 6.09 Å². The molecule has 1 aliphatic heterocycles. The molecule has 0 bridgehead atoms. The van der Waals surface area contributed by atoms with Crippen LogP contribution in [0, 0.1) is 5.92 Å². The minimum absolute atomic E-state index is 0.00847. The van der Waals surface area contributed by atoms with E-state index in [1.54, 1.807) is 4.90 Å². The molecule has 0 radical (unpaired) electrons. The fourth-order valence-corrected chi connectivity index (χ4v) is 2.68. The number of aromatic amines is 1. The first-order valence-electron chi connectivity index (χ1n) is 7.91. The molecule has 23 heavy (non-hydrogen) atoms. The molecule has 1 fully saturated rings. The lowest BCUT2D eigenvalue weighted by Gasteiger charge is -2.35. The van der Waals surface area contributed by atoms with Gasteiger partial charge in [-0.2, -0.15) is 15.4 Å². The largest absolute Gasteiger partial charge is 0.444 e. The van der Waals surface area contributed by atoms with Crippen LogP contribution in [0.25, 0.3) is 0 Å². The zero-order chi connectivity index (χ0) is 17.0. The summed E-state index contributed by atoms with van der Waals surface area (Å²) in [4.78, 5) is 25.8. The number of hydrogen-bond acceptors (Lipinski definition) is 5. The number of rotatable bonds is 3. The molecule has 1 atom stereocenters. The zero-order valence-corrected chi connectivity index (χ0v) is 14.1. The van der Waals surface area contributed by atoms with Crippen molar-refractivity contribution in [1.82, 2.24) is 25.6 Å². The van der Waals surface area contributed by atoms with Crippen molar-refractivity contribution in [3.63, 3.8) is 0 Å². The Labute approximate surface area is 136 Å². The number of alkyl carbamates (subject to hydrolysis) is 1. The minimum Gasteiger partial charge on any atom is -0.444 e. The van der Waals surface area contributed by atoms with Gasteiger partial charge in [-0.1, -0.05) is 0 Å². The van der Waals surface area contributed by atoms with Crippen molar-refractivity contribution >= 4 is 12.0 Å². The van der Waals surface area contributed by atoms with E-state index < -0.39 is 11.7 Å². The predicted molar refractivity (Wildman–Crippen MR) is 83.8 cm³/mol. The van der Waals surface area contributed by atoms with Gasteiger partial charge in [-0.3, -0.25) is 4.79 Å². The summed E-state index contributed by atoms with van der Waals surface area (Å²) in [5.74, 6) is 0.217. The Morgan fingerprint density at radius 2 is 2.04 bits per heavy atom. The molecule has 2 N–H and O–H groups in total. The van der Waals surface area contributed by atoms with E-state index in [-0.39, 0.29) is 11.9 Å². The molecule has 0 aliphatic carbocycles. The molecule has 1 aromatic rings. The van der Waals surface area contributed by atoms with Crippen LogP contribution < -0.4 is 5.32 Å².